The lowest BCUT2D eigenvalue weighted by Crippen LogP contribution is -2.15. The third-order valence-corrected chi connectivity index (χ3v) is 4.96. The molecule has 3 aromatic rings. The predicted octanol–water partition coefficient (Wildman–Crippen LogP) is 5.26. The lowest BCUT2D eigenvalue weighted by Gasteiger charge is -2.12. The third kappa shape index (κ3) is 4.12. The van der Waals surface area contributed by atoms with Gasteiger partial charge in [-0.2, -0.15) is 0 Å². The van der Waals surface area contributed by atoms with Crippen molar-refractivity contribution in [3.05, 3.63) is 83.9 Å². The fourth-order valence-electron chi connectivity index (χ4n) is 3.06. The zero-order valence-electron chi connectivity index (χ0n) is 15.7. The van der Waals surface area contributed by atoms with E-state index in [-0.39, 0.29) is 17.7 Å². The van der Waals surface area contributed by atoms with Gasteiger partial charge in [0.25, 0.3) is 5.91 Å². The Morgan fingerprint density at radius 3 is 2.18 bits per heavy atom. The topological polar surface area (TPSA) is 58.2 Å². The molecule has 0 spiro atoms. The van der Waals surface area contributed by atoms with Gasteiger partial charge in [0.1, 0.15) is 0 Å². The van der Waals surface area contributed by atoms with Crippen molar-refractivity contribution in [3.63, 3.8) is 0 Å². The maximum Gasteiger partial charge on any atom is 0.255 e. The minimum Gasteiger partial charge on any atom is -0.326 e. The van der Waals surface area contributed by atoms with Gasteiger partial charge in [0.05, 0.1) is 0 Å². The average molecular weight is 370 g/mol. The van der Waals surface area contributed by atoms with Gasteiger partial charge in [-0.3, -0.25) is 9.59 Å². The van der Waals surface area contributed by atoms with Gasteiger partial charge in [-0.15, -0.1) is 0 Å². The molecular formula is C24H22N2O2. The van der Waals surface area contributed by atoms with E-state index in [0.29, 0.717) is 11.3 Å². The van der Waals surface area contributed by atoms with E-state index >= 15 is 0 Å². The molecule has 28 heavy (non-hydrogen) atoms. The summed E-state index contributed by atoms with van der Waals surface area (Å²) >= 11 is 0. The zero-order chi connectivity index (χ0) is 19.5. The second kappa shape index (κ2) is 7.69. The van der Waals surface area contributed by atoms with Gasteiger partial charge in [0, 0.05) is 22.9 Å². The Kier molecular flexibility index (Phi) is 4.94. The average Bonchev–Trinajstić information content (AvgIpc) is 3.57. The Morgan fingerprint density at radius 1 is 0.821 bits per heavy atom. The highest BCUT2D eigenvalue weighted by Gasteiger charge is 2.29. The molecular weight excluding hydrogens is 348 g/mol. The van der Waals surface area contributed by atoms with Crippen LogP contribution < -0.4 is 10.6 Å². The Balaban J connectivity index is 1.46. The van der Waals surface area contributed by atoms with E-state index in [0.717, 1.165) is 35.2 Å². The molecule has 2 amide bonds. The number of aryl methyl sites for hydroxylation is 1. The minimum absolute atomic E-state index is 0.0584. The second-order valence-electron chi connectivity index (χ2n) is 7.19. The molecule has 4 nitrogen and oxygen atoms in total. The van der Waals surface area contributed by atoms with Crippen LogP contribution in [-0.2, 0) is 4.79 Å². The molecule has 0 radical (unpaired) electrons. The monoisotopic (exact) mass is 370 g/mol. The normalized spacial score (nSPS) is 13.0. The van der Waals surface area contributed by atoms with Crippen LogP contribution >= 0.6 is 0 Å². The zero-order valence-corrected chi connectivity index (χ0v) is 15.7. The van der Waals surface area contributed by atoms with Crippen molar-refractivity contribution in [2.45, 2.75) is 19.8 Å². The van der Waals surface area contributed by atoms with Crippen molar-refractivity contribution >= 4 is 23.2 Å². The molecule has 0 unspecified atom stereocenters. The van der Waals surface area contributed by atoms with Crippen LogP contribution in [0.3, 0.4) is 0 Å². The minimum atomic E-state index is -0.178. The van der Waals surface area contributed by atoms with Crippen LogP contribution in [0.4, 0.5) is 11.4 Å². The first-order valence-corrected chi connectivity index (χ1v) is 9.48. The summed E-state index contributed by atoms with van der Waals surface area (Å²) in [5.41, 5.74) is 5.15. The van der Waals surface area contributed by atoms with Crippen molar-refractivity contribution < 1.29 is 9.59 Å². The first kappa shape index (κ1) is 18.0. The fourth-order valence-corrected chi connectivity index (χ4v) is 3.06. The molecule has 3 aromatic carbocycles. The molecule has 1 aliphatic carbocycles. The quantitative estimate of drug-likeness (QED) is 0.643. The van der Waals surface area contributed by atoms with E-state index < -0.39 is 0 Å². The molecule has 0 atom stereocenters. The van der Waals surface area contributed by atoms with E-state index in [2.05, 4.69) is 10.6 Å². The highest BCUT2D eigenvalue weighted by molar-refractivity contribution is 6.05. The smallest absolute Gasteiger partial charge is 0.255 e. The predicted molar refractivity (Wildman–Crippen MR) is 112 cm³/mol. The molecule has 0 bridgehead atoms. The number of anilines is 2. The summed E-state index contributed by atoms with van der Waals surface area (Å²) < 4.78 is 0. The molecule has 0 aromatic heterocycles. The molecule has 0 heterocycles. The third-order valence-electron chi connectivity index (χ3n) is 4.96. The number of benzene rings is 3. The van der Waals surface area contributed by atoms with Crippen molar-refractivity contribution in [2.75, 3.05) is 10.6 Å². The summed E-state index contributed by atoms with van der Waals surface area (Å²) in [6.07, 6.45) is 1.92. The molecule has 1 saturated carbocycles. The van der Waals surface area contributed by atoms with Crippen molar-refractivity contribution in [1.82, 2.24) is 0 Å². The molecule has 0 aliphatic heterocycles. The molecule has 4 rings (SSSR count). The van der Waals surface area contributed by atoms with E-state index in [9.17, 15) is 9.59 Å². The number of hydrogen-bond acceptors (Lipinski definition) is 2. The Morgan fingerprint density at radius 2 is 1.50 bits per heavy atom. The number of hydrogen-bond donors (Lipinski definition) is 2. The number of amides is 2. The standard InChI is InChI=1S/C24H22N2O2/c1-16-7-14-21(15-22(16)26-24(28)20-12-13-20)25-23(27)19-10-8-18(9-11-19)17-5-3-2-4-6-17/h2-11,14-15,20H,12-13H2,1H3,(H,25,27)(H,26,28). The van der Waals surface area contributed by atoms with E-state index in [4.69, 9.17) is 0 Å². The molecule has 4 heteroatoms. The van der Waals surface area contributed by atoms with Crippen LogP contribution in [0.15, 0.2) is 72.8 Å². The van der Waals surface area contributed by atoms with Crippen LogP contribution in [0, 0.1) is 12.8 Å². The van der Waals surface area contributed by atoms with Gasteiger partial charge >= 0.3 is 0 Å². The van der Waals surface area contributed by atoms with Crippen molar-refractivity contribution in [1.29, 1.82) is 0 Å². The van der Waals surface area contributed by atoms with Crippen LogP contribution in [0.1, 0.15) is 28.8 Å². The second-order valence-corrected chi connectivity index (χ2v) is 7.19. The van der Waals surface area contributed by atoms with Crippen LogP contribution in [0.25, 0.3) is 11.1 Å². The van der Waals surface area contributed by atoms with Gasteiger partial charge < -0.3 is 10.6 Å². The van der Waals surface area contributed by atoms with Crippen molar-refractivity contribution in [3.8, 4) is 11.1 Å². The highest BCUT2D eigenvalue weighted by atomic mass is 16.2. The summed E-state index contributed by atoms with van der Waals surface area (Å²) in [5, 5.41) is 5.87. The molecule has 1 fully saturated rings. The van der Waals surface area contributed by atoms with Gasteiger partial charge in [-0.25, -0.2) is 0 Å². The maximum absolute atomic E-state index is 12.6. The maximum atomic E-state index is 12.6. The summed E-state index contributed by atoms with van der Waals surface area (Å²) in [6.45, 7) is 1.94. The SMILES string of the molecule is Cc1ccc(NC(=O)c2ccc(-c3ccccc3)cc2)cc1NC(=O)C1CC1. The van der Waals surface area contributed by atoms with Crippen molar-refractivity contribution in [2.24, 2.45) is 5.92 Å². The van der Waals surface area contributed by atoms with Gasteiger partial charge in [0.2, 0.25) is 5.91 Å². The summed E-state index contributed by atoms with van der Waals surface area (Å²) in [4.78, 5) is 24.6. The van der Waals surface area contributed by atoms with Crippen LogP contribution in [-0.4, -0.2) is 11.8 Å². The molecule has 140 valence electrons. The lowest BCUT2D eigenvalue weighted by molar-refractivity contribution is -0.117. The van der Waals surface area contributed by atoms with Gasteiger partial charge in [-0.05, 0) is 60.7 Å². The lowest BCUT2D eigenvalue weighted by atomic mass is 10.0. The molecule has 2 N–H and O–H groups in total. The van der Waals surface area contributed by atoms with Crippen LogP contribution in [0.5, 0.6) is 0 Å². The Hall–Kier alpha value is -3.40. The first-order valence-electron chi connectivity index (χ1n) is 9.48. The molecule has 1 aliphatic rings. The van der Waals surface area contributed by atoms with E-state index in [1.165, 1.54) is 0 Å². The van der Waals surface area contributed by atoms with Crippen LogP contribution in [0.2, 0.25) is 0 Å². The largest absolute Gasteiger partial charge is 0.326 e. The Labute approximate surface area is 164 Å². The number of carbonyl (C=O) groups is 2. The number of rotatable bonds is 5. The fraction of sp³-hybridized carbons (Fsp3) is 0.167. The first-order chi connectivity index (χ1) is 13.6. The summed E-state index contributed by atoms with van der Waals surface area (Å²) in [5.74, 6) is 0.0202. The summed E-state index contributed by atoms with van der Waals surface area (Å²) in [6, 6.07) is 23.1. The highest BCUT2D eigenvalue weighted by Crippen LogP contribution is 2.31. The molecule has 0 saturated heterocycles. The van der Waals surface area contributed by atoms with E-state index in [1.807, 2.05) is 79.7 Å². The van der Waals surface area contributed by atoms with Gasteiger partial charge in [-0.1, -0.05) is 48.5 Å². The Bertz CT molecular complexity index is 1010. The van der Waals surface area contributed by atoms with Gasteiger partial charge in [0.15, 0.2) is 0 Å². The van der Waals surface area contributed by atoms with E-state index in [1.54, 1.807) is 0 Å². The summed E-state index contributed by atoms with van der Waals surface area (Å²) in [7, 11) is 0. The number of nitrogens with one attached hydrogen (secondary N) is 2. The number of carbonyl (C=O) groups excluding carboxylic acids is 2.